The molecule has 1 N–H and O–H groups in total. The fraction of sp³-hybridized carbons (Fsp3) is 0.500. The first kappa shape index (κ1) is 11.7. The van der Waals surface area contributed by atoms with E-state index in [0.717, 1.165) is 26.2 Å². The van der Waals surface area contributed by atoms with Gasteiger partial charge in [0.15, 0.2) is 0 Å². The zero-order valence-electron chi connectivity index (χ0n) is 10.4. The fourth-order valence-corrected chi connectivity index (χ4v) is 2.93. The molecule has 2 saturated heterocycles. The highest BCUT2D eigenvalue weighted by Gasteiger charge is 2.38. The van der Waals surface area contributed by atoms with Crippen LogP contribution in [-0.2, 0) is 0 Å². The van der Waals surface area contributed by atoms with Crippen LogP contribution in [0.2, 0.25) is 0 Å². The van der Waals surface area contributed by atoms with E-state index in [-0.39, 0.29) is 11.7 Å². The quantitative estimate of drug-likeness (QED) is 0.815. The molecule has 0 spiro atoms. The molecule has 0 aliphatic carbocycles. The molecule has 1 amide bonds. The van der Waals surface area contributed by atoms with Crippen LogP contribution in [0.3, 0.4) is 0 Å². The summed E-state index contributed by atoms with van der Waals surface area (Å²) >= 11 is 0. The third kappa shape index (κ3) is 1.90. The molecule has 2 atom stereocenters. The maximum atomic E-state index is 13.5. The number of halogens is 1. The Morgan fingerprint density at radius 3 is 2.61 bits per heavy atom. The molecule has 3 nitrogen and oxygen atoms in total. The molecule has 1 aromatic carbocycles. The zero-order chi connectivity index (χ0) is 12.7. The number of benzene rings is 1. The van der Waals surface area contributed by atoms with Crippen LogP contribution in [0.1, 0.15) is 15.9 Å². The number of aryl methyl sites for hydroxylation is 1. The predicted octanol–water partition coefficient (Wildman–Crippen LogP) is 1.43. The molecule has 4 heteroatoms. The Balaban J connectivity index is 1.77. The SMILES string of the molecule is Cc1ccc(C(=O)N2C[C@H]3CNC[C@H]3C2)cc1F. The monoisotopic (exact) mass is 248 g/mol. The van der Waals surface area contributed by atoms with Crippen LogP contribution in [0.15, 0.2) is 18.2 Å². The summed E-state index contributed by atoms with van der Waals surface area (Å²) in [5.41, 5.74) is 1.04. The van der Waals surface area contributed by atoms with Crippen molar-refractivity contribution in [3.05, 3.63) is 35.1 Å². The van der Waals surface area contributed by atoms with Crippen molar-refractivity contribution in [3.63, 3.8) is 0 Å². The first-order valence-corrected chi connectivity index (χ1v) is 6.41. The third-order valence-electron chi connectivity index (χ3n) is 4.10. The van der Waals surface area contributed by atoms with Crippen LogP contribution in [0.25, 0.3) is 0 Å². The van der Waals surface area contributed by atoms with E-state index in [0.29, 0.717) is 23.0 Å². The van der Waals surface area contributed by atoms with E-state index in [2.05, 4.69) is 5.32 Å². The van der Waals surface area contributed by atoms with Crippen molar-refractivity contribution >= 4 is 5.91 Å². The highest BCUT2D eigenvalue weighted by molar-refractivity contribution is 5.94. The number of nitrogens with one attached hydrogen (secondary N) is 1. The van der Waals surface area contributed by atoms with Crippen molar-refractivity contribution in [2.24, 2.45) is 11.8 Å². The maximum Gasteiger partial charge on any atom is 0.253 e. The second-order valence-electron chi connectivity index (χ2n) is 5.35. The number of fused-ring (bicyclic) bond motifs is 1. The van der Waals surface area contributed by atoms with Crippen LogP contribution in [0.5, 0.6) is 0 Å². The maximum absolute atomic E-state index is 13.5. The minimum atomic E-state index is -0.304. The summed E-state index contributed by atoms with van der Waals surface area (Å²) in [4.78, 5) is 14.1. The van der Waals surface area contributed by atoms with E-state index in [1.807, 2.05) is 4.90 Å². The van der Waals surface area contributed by atoms with Crippen LogP contribution in [0.4, 0.5) is 4.39 Å². The van der Waals surface area contributed by atoms with Crippen LogP contribution in [-0.4, -0.2) is 37.0 Å². The largest absolute Gasteiger partial charge is 0.338 e. The van der Waals surface area contributed by atoms with E-state index >= 15 is 0 Å². The number of hydrogen-bond donors (Lipinski definition) is 1. The number of rotatable bonds is 1. The Labute approximate surface area is 106 Å². The van der Waals surface area contributed by atoms with Gasteiger partial charge in [-0.2, -0.15) is 0 Å². The number of likely N-dealkylation sites (tertiary alicyclic amines) is 1. The zero-order valence-corrected chi connectivity index (χ0v) is 10.4. The first-order chi connectivity index (χ1) is 8.65. The number of nitrogens with zero attached hydrogens (tertiary/aromatic N) is 1. The summed E-state index contributed by atoms with van der Waals surface area (Å²) in [5, 5.41) is 3.34. The standard InChI is InChI=1S/C14H17FN2O/c1-9-2-3-10(4-13(9)15)14(18)17-7-11-5-16-6-12(11)8-17/h2-4,11-12,16H,5-8H2,1H3/t11-,12+. The fourth-order valence-electron chi connectivity index (χ4n) is 2.93. The van der Waals surface area contributed by atoms with Gasteiger partial charge in [-0.05, 0) is 36.5 Å². The van der Waals surface area contributed by atoms with Gasteiger partial charge in [0.25, 0.3) is 5.91 Å². The van der Waals surface area contributed by atoms with Crippen molar-refractivity contribution in [2.75, 3.05) is 26.2 Å². The summed E-state index contributed by atoms with van der Waals surface area (Å²) in [5.74, 6) is 0.804. The van der Waals surface area contributed by atoms with Crippen molar-refractivity contribution in [2.45, 2.75) is 6.92 Å². The van der Waals surface area contributed by atoms with Gasteiger partial charge in [0.05, 0.1) is 0 Å². The number of carbonyl (C=O) groups excluding carboxylic acids is 1. The average molecular weight is 248 g/mol. The van der Waals surface area contributed by atoms with Gasteiger partial charge in [-0.25, -0.2) is 4.39 Å². The Bertz CT molecular complexity index is 477. The number of hydrogen-bond acceptors (Lipinski definition) is 2. The molecule has 2 aliphatic rings. The van der Waals surface area contributed by atoms with E-state index < -0.39 is 0 Å². The molecule has 2 aliphatic heterocycles. The molecule has 0 bridgehead atoms. The first-order valence-electron chi connectivity index (χ1n) is 6.41. The van der Waals surface area contributed by atoms with Gasteiger partial charge in [-0.15, -0.1) is 0 Å². The topological polar surface area (TPSA) is 32.3 Å². The Kier molecular flexibility index (Phi) is 2.82. The normalized spacial score (nSPS) is 26.4. The number of amides is 1. The van der Waals surface area contributed by atoms with Gasteiger partial charge in [0, 0.05) is 31.7 Å². The van der Waals surface area contributed by atoms with E-state index in [1.54, 1.807) is 19.1 Å². The van der Waals surface area contributed by atoms with Gasteiger partial charge in [-0.1, -0.05) is 6.07 Å². The second-order valence-corrected chi connectivity index (χ2v) is 5.35. The van der Waals surface area contributed by atoms with Crippen molar-refractivity contribution in [1.29, 1.82) is 0 Å². The molecule has 0 unspecified atom stereocenters. The highest BCUT2D eigenvalue weighted by Crippen LogP contribution is 2.27. The van der Waals surface area contributed by atoms with Gasteiger partial charge < -0.3 is 10.2 Å². The van der Waals surface area contributed by atoms with Crippen molar-refractivity contribution in [3.8, 4) is 0 Å². The average Bonchev–Trinajstić information content (AvgIpc) is 2.92. The molecule has 2 heterocycles. The molecule has 3 rings (SSSR count). The lowest BCUT2D eigenvalue weighted by atomic mass is 10.0. The molecule has 0 saturated carbocycles. The second kappa shape index (κ2) is 4.35. The smallest absolute Gasteiger partial charge is 0.253 e. The Morgan fingerprint density at radius 1 is 1.33 bits per heavy atom. The third-order valence-corrected chi connectivity index (χ3v) is 4.10. The summed E-state index contributed by atoms with van der Waals surface area (Å²) in [6.07, 6.45) is 0. The summed E-state index contributed by atoms with van der Waals surface area (Å²) < 4.78 is 13.5. The molecule has 2 fully saturated rings. The van der Waals surface area contributed by atoms with Crippen LogP contribution in [0, 0.1) is 24.6 Å². The molecular formula is C14H17FN2O. The predicted molar refractivity (Wildman–Crippen MR) is 66.9 cm³/mol. The van der Waals surface area contributed by atoms with E-state index in [4.69, 9.17) is 0 Å². The van der Waals surface area contributed by atoms with Crippen molar-refractivity contribution in [1.82, 2.24) is 10.2 Å². The van der Waals surface area contributed by atoms with Crippen molar-refractivity contribution < 1.29 is 9.18 Å². The van der Waals surface area contributed by atoms with Gasteiger partial charge in [0.1, 0.15) is 5.82 Å². The molecule has 96 valence electrons. The van der Waals surface area contributed by atoms with E-state index in [1.165, 1.54) is 6.07 Å². The molecule has 0 aromatic heterocycles. The Morgan fingerprint density at radius 2 is 2.00 bits per heavy atom. The lowest BCUT2D eigenvalue weighted by Gasteiger charge is -2.17. The summed E-state index contributed by atoms with van der Waals surface area (Å²) in [6.45, 7) is 5.29. The van der Waals surface area contributed by atoms with Crippen LogP contribution >= 0.6 is 0 Å². The highest BCUT2D eigenvalue weighted by atomic mass is 19.1. The summed E-state index contributed by atoms with van der Waals surface area (Å²) in [7, 11) is 0. The van der Waals surface area contributed by atoms with E-state index in [9.17, 15) is 9.18 Å². The minimum absolute atomic E-state index is 0.0386. The van der Waals surface area contributed by atoms with Crippen LogP contribution < -0.4 is 5.32 Å². The van der Waals surface area contributed by atoms with Gasteiger partial charge >= 0.3 is 0 Å². The molecule has 18 heavy (non-hydrogen) atoms. The summed E-state index contributed by atoms with van der Waals surface area (Å²) in [6, 6.07) is 4.73. The molecule has 0 radical (unpaired) electrons. The molecular weight excluding hydrogens is 231 g/mol. The molecule has 1 aromatic rings. The lowest BCUT2D eigenvalue weighted by molar-refractivity contribution is 0.0781. The minimum Gasteiger partial charge on any atom is -0.338 e. The number of carbonyl (C=O) groups is 1. The lowest BCUT2D eigenvalue weighted by Crippen LogP contribution is -2.31. The Hall–Kier alpha value is -1.42. The van der Waals surface area contributed by atoms with Gasteiger partial charge in [0.2, 0.25) is 0 Å². The van der Waals surface area contributed by atoms with Gasteiger partial charge in [-0.3, -0.25) is 4.79 Å².